The van der Waals surface area contributed by atoms with Crippen LogP contribution in [0.15, 0.2) is 23.0 Å². The van der Waals surface area contributed by atoms with Crippen molar-refractivity contribution in [3.63, 3.8) is 0 Å². The average molecular weight is 343 g/mol. The van der Waals surface area contributed by atoms with Gasteiger partial charge in [-0.2, -0.15) is 0 Å². The molecular formula is C15H20Cl2N4O. The highest BCUT2D eigenvalue weighted by molar-refractivity contribution is 6.31. The topological polar surface area (TPSA) is 75.0 Å². The van der Waals surface area contributed by atoms with Gasteiger partial charge in [0.2, 0.25) is 0 Å². The fourth-order valence-corrected chi connectivity index (χ4v) is 3.00. The highest BCUT2D eigenvalue weighted by atomic mass is 35.5. The second-order valence-electron chi connectivity index (χ2n) is 5.63. The van der Waals surface area contributed by atoms with E-state index < -0.39 is 0 Å². The van der Waals surface area contributed by atoms with E-state index in [-0.39, 0.29) is 18.0 Å². The molecule has 0 amide bonds. The molecule has 7 heteroatoms. The van der Waals surface area contributed by atoms with Crippen LogP contribution in [-0.4, -0.2) is 34.5 Å². The summed E-state index contributed by atoms with van der Waals surface area (Å²) in [5.74, 6) is 1.34. The summed E-state index contributed by atoms with van der Waals surface area (Å²) in [5, 5.41) is 1.08. The smallest absolute Gasteiger partial charge is 0.258 e. The van der Waals surface area contributed by atoms with E-state index in [2.05, 4.69) is 14.9 Å². The molecule has 1 fully saturated rings. The number of aromatic amines is 1. The van der Waals surface area contributed by atoms with Gasteiger partial charge in [0.25, 0.3) is 5.56 Å². The lowest BCUT2D eigenvalue weighted by Gasteiger charge is -2.30. The van der Waals surface area contributed by atoms with E-state index in [1.54, 1.807) is 18.2 Å². The third-order valence-corrected chi connectivity index (χ3v) is 4.37. The van der Waals surface area contributed by atoms with Gasteiger partial charge in [0.1, 0.15) is 5.82 Å². The van der Waals surface area contributed by atoms with Crippen molar-refractivity contribution in [2.24, 2.45) is 11.7 Å². The summed E-state index contributed by atoms with van der Waals surface area (Å²) in [6.07, 6.45) is 2.23. The van der Waals surface area contributed by atoms with E-state index in [1.165, 1.54) is 0 Å². The molecule has 0 radical (unpaired) electrons. The monoisotopic (exact) mass is 342 g/mol. The maximum absolute atomic E-state index is 12.1. The Balaban J connectivity index is 0.00000176. The normalized spacial score (nSPS) is 16.6. The van der Waals surface area contributed by atoms with Crippen molar-refractivity contribution in [3.8, 4) is 0 Å². The number of aromatic nitrogens is 2. The first-order valence-electron chi connectivity index (χ1n) is 7.26. The molecule has 5 nitrogen and oxygen atoms in total. The molecule has 1 aromatic carbocycles. The molecule has 0 bridgehead atoms. The van der Waals surface area contributed by atoms with E-state index >= 15 is 0 Å². The van der Waals surface area contributed by atoms with Gasteiger partial charge in [-0.1, -0.05) is 11.6 Å². The van der Waals surface area contributed by atoms with Gasteiger partial charge in [0, 0.05) is 5.02 Å². The largest absolute Gasteiger partial charge is 0.330 e. The standard InChI is InChI=1S/C15H19ClN4O.ClH/c16-11-1-2-13-12(7-11)15(21)19-14(18-13)9-20-5-3-10(8-17)4-6-20;/h1-2,7,10H,3-6,8-9,17H2,(H,18,19,21);1H. The zero-order valence-electron chi connectivity index (χ0n) is 12.2. The van der Waals surface area contributed by atoms with Crippen molar-refractivity contribution in [2.75, 3.05) is 19.6 Å². The molecule has 0 saturated carbocycles. The van der Waals surface area contributed by atoms with Gasteiger partial charge in [-0.25, -0.2) is 4.98 Å². The summed E-state index contributed by atoms with van der Waals surface area (Å²) in [6.45, 7) is 3.44. The maximum atomic E-state index is 12.1. The molecule has 120 valence electrons. The molecule has 0 unspecified atom stereocenters. The molecule has 1 aromatic heterocycles. The average Bonchev–Trinajstić information content (AvgIpc) is 2.49. The first-order chi connectivity index (χ1) is 10.2. The SMILES string of the molecule is Cl.NCC1CCN(Cc2nc3ccc(Cl)cc3c(=O)[nH]2)CC1. The van der Waals surface area contributed by atoms with E-state index in [4.69, 9.17) is 17.3 Å². The molecular weight excluding hydrogens is 323 g/mol. The number of rotatable bonds is 3. The minimum Gasteiger partial charge on any atom is -0.330 e. The van der Waals surface area contributed by atoms with Crippen LogP contribution < -0.4 is 11.3 Å². The molecule has 3 rings (SSSR count). The fourth-order valence-electron chi connectivity index (χ4n) is 2.83. The van der Waals surface area contributed by atoms with Gasteiger partial charge in [-0.05, 0) is 56.6 Å². The number of hydrogen-bond acceptors (Lipinski definition) is 4. The van der Waals surface area contributed by atoms with E-state index in [0.717, 1.165) is 32.5 Å². The van der Waals surface area contributed by atoms with Gasteiger partial charge < -0.3 is 10.7 Å². The van der Waals surface area contributed by atoms with Gasteiger partial charge >= 0.3 is 0 Å². The second-order valence-corrected chi connectivity index (χ2v) is 6.07. The zero-order valence-corrected chi connectivity index (χ0v) is 13.8. The Morgan fingerprint density at radius 2 is 2.09 bits per heavy atom. The van der Waals surface area contributed by atoms with Crippen molar-refractivity contribution in [3.05, 3.63) is 39.4 Å². The van der Waals surface area contributed by atoms with Crippen LogP contribution in [0.5, 0.6) is 0 Å². The third kappa shape index (κ3) is 3.79. The van der Waals surface area contributed by atoms with E-state index in [1.807, 2.05) is 0 Å². The maximum Gasteiger partial charge on any atom is 0.258 e. The Morgan fingerprint density at radius 3 is 2.77 bits per heavy atom. The lowest BCUT2D eigenvalue weighted by Crippen LogP contribution is -2.36. The van der Waals surface area contributed by atoms with E-state index in [0.29, 0.717) is 34.2 Å². The summed E-state index contributed by atoms with van der Waals surface area (Å²) in [5.41, 5.74) is 6.27. The van der Waals surface area contributed by atoms with Crippen LogP contribution in [0, 0.1) is 5.92 Å². The number of H-pyrrole nitrogens is 1. The number of nitrogens with zero attached hydrogens (tertiary/aromatic N) is 2. The molecule has 3 N–H and O–H groups in total. The summed E-state index contributed by atoms with van der Waals surface area (Å²) in [6, 6.07) is 5.20. The molecule has 0 aliphatic carbocycles. The summed E-state index contributed by atoms with van der Waals surface area (Å²) in [7, 11) is 0. The molecule has 1 saturated heterocycles. The molecule has 1 aliphatic rings. The number of likely N-dealkylation sites (tertiary alicyclic amines) is 1. The summed E-state index contributed by atoms with van der Waals surface area (Å²) >= 11 is 5.91. The highest BCUT2D eigenvalue weighted by Crippen LogP contribution is 2.18. The Morgan fingerprint density at radius 1 is 1.36 bits per heavy atom. The van der Waals surface area contributed by atoms with Crippen molar-refractivity contribution in [2.45, 2.75) is 19.4 Å². The minimum absolute atomic E-state index is 0. The van der Waals surface area contributed by atoms with Gasteiger partial charge in [0.05, 0.1) is 17.4 Å². The number of fused-ring (bicyclic) bond motifs is 1. The predicted molar refractivity (Wildman–Crippen MR) is 91.7 cm³/mol. The lowest BCUT2D eigenvalue weighted by molar-refractivity contribution is 0.177. The number of piperidine rings is 1. The molecule has 1 aliphatic heterocycles. The summed E-state index contributed by atoms with van der Waals surface area (Å²) < 4.78 is 0. The lowest BCUT2D eigenvalue weighted by atomic mass is 9.97. The molecule has 0 atom stereocenters. The first kappa shape index (κ1) is 17.2. The van der Waals surface area contributed by atoms with Crippen LogP contribution >= 0.6 is 24.0 Å². The quantitative estimate of drug-likeness (QED) is 0.896. The zero-order chi connectivity index (χ0) is 14.8. The minimum atomic E-state index is -0.130. The van der Waals surface area contributed by atoms with Gasteiger partial charge in [-0.3, -0.25) is 9.69 Å². The third-order valence-electron chi connectivity index (χ3n) is 4.13. The number of hydrogen-bond donors (Lipinski definition) is 2. The Hall–Kier alpha value is -1.14. The van der Waals surface area contributed by atoms with Crippen LogP contribution in [-0.2, 0) is 6.54 Å². The number of nitrogens with two attached hydrogens (primary N) is 1. The van der Waals surface area contributed by atoms with Crippen LogP contribution in [0.3, 0.4) is 0 Å². The van der Waals surface area contributed by atoms with E-state index in [9.17, 15) is 4.79 Å². The number of halogens is 2. The van der Waals surface area contributed by atoms with Crippen LogP contribution in [0.25, 0.3) is 10.9 Å². The number of benzene rings is 1. The van der Waals surface area contributed by atoms with Crippen molar-refractivity contribution < 1.29 is 0 Å². The molecule has 0 spiro atoms. The summed E-state index contributed by atoms with van der Waals surface area (Å²) in [4.78, 5) is 21.8. The van der Waals surface area contributed by atoms with Crippen LogP contribution in [0.1, 0.15) is 18.7 Å². The molecule has 2 aromatic rings. The number of nitrogens with one attached hydrogen (secondary N) is 1. The van der Waals surface area contributed by atoms with Crippen molar-refractivity contribution in [1.29, 1.82) is 0 Å². The van der Waals surface area contributed by atoms with Gasteiger partial charge in [0.15, 0.2) is 0 Å². The van der Waals surface area contributed by atoms with Crippen LogP contribution in [0.2, 0.25) is 5.02 Å². The Labute approximate surface area is 140 Å². The van der Waals surface area contributed by atoms with Crippen LogP contribution in [0.4, 0.5) is 0 Å². The predicted octanol–water partition coefficient (Wildman–Crippen LogP) is 2.17. The Bertz CT molecular complexity index is 695. The molecule has 22 heavy (non-hydrogen) atoms. The Kier molecular flexibility index (Phi) is 5.81. The van der Waals surface area contributed by atoms with Crippen molar-refractivity contribution in [1.82, 2.24) is 14.9 Å². The fraction of sp³-hybridized carbons (Fsp3) is 0.467. The first-order valence-corrected chi connectivity index (χ1v) is 7.64. The molecule has 2 heterocycles. The van der Waals surface area contributed by atoms with Gasteiger partial charge in [-0.15, -0.1) is 12.4 Å². The van der Waals surface area contributed by atoms with Crippen molar-refractivity contribution >= 4 is 34.9 Å². The highest BCUT2D eigenvalue weighted by Gasteiger charge is 2.18. The second kappa shape index (κ2) is 7.42.